The van der Waals surface area contributed by atoms with Gasteiger partial charge in [-0.3, -0.25) is 9.69 Å². The fourth-order valence-electron chi connectivity index (χ4n) is 2.44. The van der Waals surface area contributed by atoms with Crippen LogP contribution in [0.15, 0.2) is 24.3 Å². The molecule has 2 rings (SSSR count). The van der Waals surface area contributed by atoms with E-state index in [1.54, 1.807) is 0 Å². The Morgan fingerprint density at radius 3 is 2.47 bits per heavy atom. The van der Waals surface area contributed by atoms with E-state index in [0.717, 1.165) is 38.2 Å². The van der Waals surface area contributed by atoms with E-state index in [1.807, 2.05) is 43.1 Å². The zero-order valence-electron chi connectivity index (χ0n) is 11.8. The molecular weight excluding hydrogens is 238 g/mol. The van der Waals surface area contributed by atoms with Gasteiger partial charge in [0.2, 0.25) is 5.91 Å². The quantitative estimate of drug-likeness (QED) is 0.839. The third kappa shape index (κ3) is 3.47. The number of likely N-dealkylation sites (N-methyl/N-ethyl adjacent to an activating group) is 1. The highest BCUT2D eigenvalue weighted by molar-refractivity contribution is 5.81. The molecule has 2 N–H and O–H groups in total. The molecule has 1 aliphatic rings. The number of carbonyl (C=O) groups is 1. The van der Waals surface area contributed by atoms with Gasteiger partial charge in [-0.25, -0.2) is 0 Å². The minimum absolute atomic E-state index is 0.0735. The first-order valence-electron chi connectivity index (χ1n) is 6.91. The van der Waals surface area contributed by atoms with Gasteiger partial charge < -0.3 is 10.6 Å². The van der Waals surface area contributed by atoms with Crippen molar-refractivity contribution in [1.82, 2.24) is 9.80 Å². The minimum Gasteiger partial charge on any atom is -0.399 e. The first-order chi connectivity index (χ1) is 9.08. The molecule has 1 aromatic carbocycles. The van der Waals surface area contributed by atoms with Crippen LogP contribution in [-0.2, 0) is 11.3 Å². The molecule has 0 aromatic heterocycles. The Labute approximate surface area is 115 Å². The molecular formula is C15H23N3O. The number of amides is 1. The highest BCUT2D eigenvalue weighted by Crippen LogP contribution is 2.14. The summed E-state index contributed by atoms with van der Waals surface area (Å²) < 4.78 is 0. The van der Waals surface area contributed by atoms with Crippen molar-refractivity contribution in [1.29, 1.82) is 0 Å². The summed E-state index contributed by atoms with van der Waals surface area (Å²) in [5.74, 6) is 0.246. The number of nitrogen functional groups attached to an aromatic ring is 1. The van der Waals surface area contributed by atoms with Gasteiger partial charge in [0.25, 0.3) is 0 Å². The molecule has 1 atom stereocenters. The molecule has 1 fully saturated rings. The van der Waals surface area contributed by atoms with Crippen molar-refractivity contribution in [2.75, 3.05) is 25.9 Å². The molecule has 0 radical (unpaired) electrons. The molecule has 19 heavy (non-hydrogen) atoms. The number of anilines is 1. The number of nitrogens with zero attached hydrogens (tertiary/aromatic N) is 2. The van der Waals surface area contributed by atoms with Crippen LogP contribution in [0.3, 0.4) is 0 Å². The van der Waals surface area contributed by atoms with Crippen LogP contribution in [0.2, 0.25) is 0 Å². The minimum atomic E-state index is -0.0735. The molecule has 1 saturated heterocycles. The third-order valence-corrected chi connectivity index (χ3v) is 3.85. The lowest BCUT2D eigenvalue weighted by atomic mass is 10.1. The molecule has 0 saturated carbocycles. The van der Waals surface area contributed by atoms with Crippen LogP contribution in [-0.4, -0.2) is 41.9 Å². The number of rotatable bonds is 4. The lowest BCUT2D eigenvalue weighted by Crippen LogP contribution is -2.44. The van der Waals surface area contributed by atoms with Gasteiger partial charge in [0, 0.05) is 25.3 Å². The number of hydrogen-bond donors (Lipinski definition) is 1. The summed E-state index contributed by atoms with van der Waals surface area (Å²) in [6, 6.07) is 7.75. The summed E-state index contributed by atoms with van der Waals surface area (Å²) in [6.45, 7) is 4.58. The number of likely N-dealkylation sites (tertiary alicyclic amines) is 1. The van der Waals surface area contributed by atoms with E-state index in [9.17, 15) is 4.79 Å². The van der Waals surface area contributed by atoms with Crippen LogP contribution in [0.1, 0.15) is 25.3 Å². The summed E-state index contributed by atoms with van der Waals surface area (Å²) in [5, 5.41) is 0. The Balaban J connectivity index is 1.92. The molecule has 1 unspecified atom stereocenters. The number of nitrogens with two attached hydrogens (primary N) is 1. The van der Waals surface area contributed by atoms with E-state index in [1.165, 1.54) is 5.56 Å². The number of carbonyl (C=O) groups excluding carboxylic acids is 1. The van der Waals surface area contributed by atoms with E-state index in [0.29, 0.717) is 0 Å². The fraction of sp³-hybridized carbons (Fsp3) is 0.533. The van der Waals surface area contributed by atoms with Crippen LogP contribution in [0.4, 0.5) is 5.69 Å². The van der Waals surface area contributed by atoms with Gasteiger partial charge in [0.1, 0.15) is 0 Å². The third-order valence-electron chi connectivity index (χ3n) is 3.85. The average molecular weight is 261 g/mol. The second-order valence-electron chi connectivity index (χ2n) is 5.37. The Kier molecular flexibility index (Phi) is 4.43. The predicted molar refractivity (Wildman–Crippen MR) is 77.6 cm³/mol. The van der Waals surface area contributed by atoms with Gasteiger partial charge in [-0.15, -0.1) is 0 Å². The maximum absolute atomic E-state index is 12.3. The fourth-order valence-corrected chi connectivity index (χ4v) is 2.44. The Hall–Kier alpha value is -1.55. The SMILES string of the molecule is CC(C(=O)N1CCCC1)N(C)Cc1ccc(N)cc1. The van der Waals surface area contributed by atoms with Gasteiger partial charge >= 0.3 is 0 Å². The first kappa shape index (κ1) is 13.9. The summed E-state index contributed by atoms with van der Waals surface area (Å²) in [4.78, 5) is 16.4. The van der Waals surface area contributed by atoms with Crippen LogP contribution in [0.25, 0.3) is 0 Å². The van der Waals surface area contributed by atoms with Gasteiger partial charge in [0.05, 0.1) is 6.04 Å². The topological polar surface area (TPSA) is 49.6 Å². The van der Waals surface area contributed by atoms with Gasteiger partial charge in [0.15, 0.2) is 0 Å². The summed E-state index contributed by atoms with van der Waals surface area (Å²) in [7, 11) is 2.00. The van der Waals surface area contributed by atoms with Crippen molar-refractivity contribution in [2.24, 2.45) is 0 Å². The molecule has 1 heterocycles. The van der Waals surface area contributed by atoms with Crippen molar-refractivity contribution in [3.63, 3.8) is 0 Å². The van der Waals surface area contributed by atoms with E-state index < -0.39 is 0 Å². The summed E-state index contributed by atoms with van der Waals surface area (Å²) in [5.41, 5.74) is 7.62. The van der Waals surface area contributed by atoms with E-state index >= 15 is 0 Å². The highest BCUT2D eigenvalue weighted by Gasteiger charge is 2.25. The maximum atomic E-state index is 12.3. The van der Waals surface area contributed by atoms with Crippen molar-refractivity contribution in [3.8, 4) is 0 Å². The van der Waals surface area contributed by atoms with E-state index in [2.05, 4.69) is 4.90 Å². The Bertz CT molecular complexity index is 424. The molecule has 4 nitrogen and oxygen atoms in total. The van der Waals surface area contributed by atoms with E-state index in [4.69, 9.17) is 5.73 Å². The van der Waals surface area contributed by atoms with Crippen molar-refractivity contribution >= 4 is 11.6 Å². The van der Waals surface area contributed by atoms with Gasteiger partial charge in [-0.2, -0.15) is 0 Å². The van der Waals surface area contributed by atoms with Crippen molar-refractivity contribution in [2.45, 2.75) is 32.4 Å². The second-order valence-corrected chi connectivity index (χ2v) is 5.37. The largest absolute Gasteiger partial charge is 0.399 e. The smallest absolute Gasteiger partial charge is 0.239 e. The zero-order chi connectivity index (χ0) is 13.8. The van der Waals surface area contributed by atoms with Crippen LogP contribution < -0.4 is 5.73 Å². The first-order valence-corrected chi connectivity index (χ1v) is 6.91. The van der Waals surface area contributed by atoms with Gasteiger partial charge in [-0.05, 0) is 44.5 Å². The van der Waals surface area contributed by atoms with Crippen LogP contribution >= 0.6 is 0 Å². The lowest BCUT2D eigenvalue weighted by Gasteiger charge is -2.28. The standard InChI is InChI=1S/C15H23N3O/c1-12(15(19)18-9-3-4-10-18)17(2)11-13-5-7-14(16)8-6-13/h5-8,12H,3-4,9-11,16H2,1-2H3. The zero-order valence-corrected chi connectivity index (χ0v) is 11.8. The van der Waals surface area contributed by atoms with Crippen LogP contribution in [0, 0.1) is 0 Å². The molecule has 0 spiro atoms. The average Bonchev–Trinajstić information content (AvgIpc) is 2.93. The Morgan fingerprint density at radius 1 is 1.32 bits per heavy atom. The summed E-state index contributed by atoms with van der Waals surface area (Å²) in [6.07, 6.45) is 2.28. The monoisotopic (exact) mass is 261 g/mol. The van der Waals surface area contributed by atoms with Gasteiger partial charge in [-0.1, -0.05) is 12.1 Å². The summed E-state index contributed by atoms with van der Waals surface area (Å²) >= 11 is 0. The highest BCUT2D eigenvalue weighted by atomic mass is 16.2. The number of hydrogen-bond acceptors (Lipinski definition) is 3. The lowest BCUT2D eigenvalue weighted by molar-refractivity contribution is -0.135. The van der Waals surface area contributed by atoms with E-state index in [-0.39, 0.29) is 11.9 Å². The van der Waals surface area contributed by atoms with Crippen LogP contribution in [0.5, 0.6) is 0 Å². The molecule has 104 valence electrons. The molecule has 4 heteroatoms. The molecule has 1 aromatic rings. The second kappa shape index (κ2) is 6.06. The maximum Gasteiger partial charge on any atom is 0.239 e. The molecule has 0 aliphatic carbocycles. The number of benzene rings is 1. The normalized spacial score (nSPS) is 16.9. The van der Waals surface area contributed by atoms with Crippen molar-refractivity contribution in [3.05, 3.63) is 29.8 Å². The van der Waals surface area contributed by atoms with Crippen molar-refractivity contribution < 1.29 is 4.79 Å². The molecule has 0 bridgehead atoms. The molecule has 1 amide bonds. The molecule has 1 aliphatic heterocycles. The predicted octanol–water partition coefficient (Wildman–Crippen LogP) is 1.71. The Morgan fingerprint density at radius 2 is 1.89 bits per heavy atom.